The molecule has 2 fully saturated rings. The van der Waals surface area contributed by atoms with Gasteiger partial charge in [-0.2, -0.15) is 0 Å². The van der Waals surface area contributed by atoms with Gasteiger partial charge in [-0.1, -0.05) is 13.0 Å². The molecule has 0 bridgehead atoms. The zero-order valence-electron chi connectivity index (χ0n) is 17.9. The van der Waals surface area contributed by atoms with E-state index in [4.69, 9.17) is 9.47 Å². The summed E-state index contributed by atoms with van der Waals surface area (Å²) in [5.74, 6) is 0.784. The second-order valence-corrected chi connectivity index (χ2v) is 8.15. The fourth-order valence-electron chi connectivity index (χ4n) is 4.08. The number of nitrogens with zero attached hydrogens (tertiary/aromatic N) is 1. The molecule has 1 aromatic heterocycles. The van der Waals surface area contributed by atoms with E-state index >= 15 is 0 Å². The van der Waals surface area contributed by atoms with Crippen LogP contribution in [0.4, 0.5) is 4.79 Å². The molecule has 5 atom stereocenters. The van der Waals surface area contributed by atoms with Gasteiger partial charge in [-0.15, -0.1) is 0 Å². The maximum Gasteiger partial charge on any atom is 0.407 e. The van der Waals surface area contributed by atoms with E-state index in [1.54, 1.807) is 19.4 Å². The number of ether oxygens (including phenoxy) is 2. The molecule has 2 unspecified atom stereocenters. The van der Waals surface area contributed by atoms with Crippen LogP contribution in [0.25, 0.3) is 0 Å². The second-order valence-electron chi connectivity index (χ2n) is 8.15. The van der Waals surface area contributed by atoms with Crippen LogP contribution in [-0.2, 0) is 16.0 Å². The smallest absolute Gasteiger partial charge is 0.407 e. The van der Waals surface area contributed by atoms with Crippen LogP contribution in [0, 0.1) is 5.92 Å². The Morgan fingerprint density at radius 2 is 2.13 bits per heavy atom. The third-order valence-corrected chi connectivity index (χ3v) is 5.91. The van der Waals surface area contributed by atoms with Crippen molar-refractivity contribution >= 4 is 12.0 Å². The topological polar surface area (TPSA) is 114 Å². The number of nitrogens with one attached hydrogen (secondary N) is 4. The van der Waals surface area contributed by atoms with E-state index in [0.29, 0.717) is 11.8 Å². The van der Waals surface area contributed by atoms with E-state index < -0.39 is 0 Å². The molecule has 2 aliphatic rings. The number of hydrogen-bond acceptors (Lipinski definition) is 7. The summed E-state index contributed by atoms with van der Waals surface area (Å²) < 4.78 is 10.8. The number of carbonyl (C=O) groups is 2. The standard InChI is InChI=1S/C21H33N5O4/c1-4-13(2)23-21(28)30-16-8-7-14(10-16)17-12-18(26-25-17)24-19(27)11-15-6-5-9-22-20(15)29-3/h5-6,9,13-14,16-18,25-26H,4,7-8,10-12H2,1-3H3,(H,23,28)(H,24,27)/t13-,14-,16+,17?,18?/m0/s1. The Hall–Kier alpha value is -2.39. The van der Waals surface area contributed by atoms with Crippen LogP contribution in [0.15, 0.2) is 18.3 Å². The number of carbonyl (C=O) groups excluding carboxylic acids is 2. The number of hydrazine groups is 1. The Bertz CT molecular complexity index is 731. The van der Waals surface area contributed by atoms with E-state index in [1.165, 1.54) is 0 Å². The fourth-order valence-corrected chi connectivity index (χ4v) is 4.08. The molecule has 30 heavy (non-hydrogen) atoms. The third-order valence-electron chi connectivity index (χ3n) is 5.91. The van der Waals surface area contributed by atoms with Gasteiger partial charge in [-0.3, -0.25) is 10.2 Å². The Morgan fingerprint density at radius 3 is 2.90 bits per heavy atom. The molecule has 1 aromatic rings. The van der Waals surface area contributed by atoms with Gasteiger partial charge in [0.25, 0.3) is 0 Å². The molecule has 9 nitrogen and oxygen atoms in total. The Morgan fingerprint density at radius 1 is 1.30 bits per heavy atom. The van der Waals surface area contributed by atoms with Crippen LogP contribution >= 0.6 is 0 Å². The number of methoxy groups -OCH3 is 1. The highest BCUT2D eigenvalue weighted by Gasteiger charge is 2.37. The van der Waals surface area contributed by atoms with Crippen LogP contribution < -0.4 is 26.2 Å². The van der Waals surface area contributed by atoms with Gasteiger partial charge < -0.3 is 20.1 Å². The van der Waals surface area contributed by atoms with E-state index in [2.05, 4.69) is 26.5 Å². The van der Waals surface area contributed by atoms with Gasteiger partial charge in [0, 0.05) is 23.8 Å². The molecule has 0 spiro atoms. The highest BCUT2D eigenvalue weighted by molar-refractivity contribution is 5.79. The summed E-state index contributed by atoms with van der Waals surface area (Å²) in [4.78, 5) is 28.5. The van der Waals surface area contributed by atoms with Crippen molar-refractivity contribution in [2.24, 2.45) is 5.92 Å². The summed E-state index contributed by atoms with van der Waals surface area (Å²) in [7, 11) is 1.55. The van der Waals surface area contributed by atoms with Crippen LogP contribution in [0.1, 0.15) is 51.5 Å². The van der Waals surface area contributed by atoms with Gasteiger partial charge in [-0.25, -0.2) is 15.2 Å². The molecular weight excluding hydrogens is 386 g/mol. The minimum absolute atomic E-state index is 0.0486. The molecule has 166 valence electrons. The number of alkyl carbamates (subject to hydrolysis) is 1. The molecule has 2 heterocycles. The van der Waals surface area contributed by atoms with Crippen LogP contribution in [0.3, 0.4) is 0 Å². The lowest BCUT2D eigenvalue weighted by atomic mass is 9.96. The number of hydrogen-bond donors (Lipinski definition) is 4. The fraction of sp³-hybridized carbons (Fsp3) is 0.667. The van der Waals surface area contributed by atoms with Crippen molar-refractivity contribution in [2.75, 3.05) is 7.11 Å². The Balaban J connectivity index is 1.41. The number of rotatable bonds is 8. The van der Waals surface area contributed by atoms with Gasteiger partial charge >= 0.3 is 6.09 Å². The Labute approximate surface area is 177 Å². The minimum Gasteiger partial charge on any atom is -0.481 e. The van der Waals surface area contributed by atoms with E-state index in [-0.39, 0.29) is 42.8 Å². The lowest BCUT2D eigenvalue weighted by molar-refractivity contribution is -0.121. The number of pyridine rings is 1. The first-order chi connectivity index (χ1) is 14.5. The number of aromatic nitrogens is 1. The van der Waals surface area contributed by atoms with E-state index in [1.807, 2.05) is 19.9 Å². The first-order valence-electron chi connectivity index (χ1n) is 10.7. The molecule has 1 aliphatic carbocycles. The van der Waals surface area contributed by atoms with Crippen molar-refractivity contribution in [1.29, 1.82) is 0 Å². The average molecular weight is 420 g/mol. The van der Waals surface area contributed by atoms with Gasteiger partial charge in [0.1, 0.15) is 6.10 Å². The predicted octanol–water partition coefficient (Wildman–Crippen LogP) is 1.63. The largest absolute Gasteiger partial charge is 0.481 e. The van der Waals surface area contributed by atoms with Crippen LogP contribution in [0.2, 0.25) is 0 Å². The lowest BCUT2D eigenvalue weighted by Crippen LogP contribution is -2.45. The summed E-state index contributed by atoms with van der Waals surface area (Å²) >= 11 is 0. The quantitative estimate of drug-likeness (QED) is 0.506. The monoisotopic (exact) mass is 419 g/mol. The number of amides is 2. The van der Waals surface area contributed by atoms with Crippen LogP contribution in [-0.4, -0.2) is 48.4 Å². The normalized spacial score (nSPS) is 26.8. The summed E-state index contributed by atoms with van der Waals surface area (Å²) in [6, 6.07) is 3.98. The maximum atomic E-state index is 12.4. The first-order valence-corrected chi connectivity index (χ1v) is 10.7. The molecule has 2 amide bonds. The summed E-state index contributed by atoms with van der Waals surface area (Å²) in [5.41, 5.74) is 7.22. The molecule has 4 N–H and O–H groups in total. The summed E-state index contributed by atoms with van der Waals surface area (Å²) in [6.07, 6.45) is 5.69. The van der Waals surface area contributed by atoms with Crippen molar-refractivity contribution in [3.63, 3.8) is 0 Å². The highest BCUT2D eigenvalue weighted by Crippen LogP contribution is 2.33. The van der Waals surface area contributed by atoms with Crippen molar-refractivity contribution in [3.05, 3.63) is 23.9 Å². The molecule has 1 aliphatic heterocycles. The van der Waals surface area contributed by atoms with E-state index in [0.717, 1.165) is 37.7 Å². The molecule has 0 aromatic carbocycles. The molecule has 1 saturated heterocycles. The van der Waals surface area contributed by atoms with Crippen LogP contribution in [0.5, 0.6) is 5.88 Å². The summed E-state index contributed by atoms with van der Waals surface area (Å²) in [6.45, 7) is 3.99. The molecular formula is C21H33N5O4. The van der Waals surface area contributed by atoms with Gasteiger partial charge in [0.2, 0.25) is 11.8 Å². The van der Waals surface area contributed by atoms with Crippen molar-refractivity contribution in [2.45, 2.75) is 76.7 Å². The zero-order chi connectivity index (χ0) is 21.5. The molecule has 3 rings (SSSR count). The third kappa shape index (κ3) is 6.06. The van der Waals surface area contributed by atoms with Crippen molar-refractivity contribution in [3.8, 4) is 5.88 Å². The first kappa shape index (κ1) is 22.3. The average Bonchev–Trinajstić information content (AvgIpc) is 3.37. The SMILES string of the molecule is CC[C@H](C)NC(=O)O[C@@H]1CC[C@H](C2CC(NC(=O)Cc3cccnc3OC)NN2)C1. The highest BCUT2D eigenvalue weighted by atomic mass is 16.6. The lowest BCUT2D eigenvalue weighted by Gasteiger charge is -2.19. The van der Waals surface area contributed by atoms with Crippen molar-refractivity contribution < 1.29 is 19.1 Å². The zero-order valence-corrected chi connectivity index (χ0v) is 17.9. The van der Waals surface area contributed by atoms with Gasteiger partial charge in [-0.05, 0) is 51.0 Å². The van der Waals surface area contributed by atoms with Gasteiger partial charge in [0.05, 0.1) is 19.7 Å². The minimum atomic E-state index is -0.330. The molecule has 0 radical (unpaired) electrons. The molecule has 1 saturated carbocycles. The molecule has 9 heteroatoms. The van der Waals surface area contributed by atoms with Crippen molar-refractivity contribution in [1.82, 2.24) is 26.5 Å². The van der Waals surface area contributed by atoms with Gasteiger partial charge in [0.15, 0.2) is 0 Å². The Kier molecular flexibility index (Phi) is 7.87. The maximum absolute atomic E-state index is 12.4. The predicted molar refractivity (Wildman–Crippen MR) is 112 cm³/mol. The second kappa shape index (κ2) is 10.6. The summed E-state index contributed by atoms with van der Waals surface area (Å²) in [5, 5.41) is 5.86. The van der Waals surface area contributed by atoms with E-state index in [9.17, 15) is 9.59 Å².